The van der Waals surface area contributed by atoms with Crippen LogP contribution in [-0.4, -0.2) is 20.1 Å². The van der Waals surface area contributed by atoms with E-state index in [0.29, 0.717) is 5.82 Å². The summed E-state index contributed by atoms with van der Waals surface area (Å²) in [4.78, 5) is 11.6. The van der Waals surface area contributed by atoms with E-state index in [-0.39, 0.29) is 5.75 Å². The molecule has 13 heavy (non-hydrogen) atoms. The molecule has 2 rings (SSSR count). The molecule has 1 aromatic carbocycles. The smallest absolute Gasteiger partial charge is 0.162 e. The fraction of sp³-hybridized carbons (Fsp3) is 0. The van der Waals surface area contributed by atoms with Gasteiger partial charge >= 0.3 is 0 Å². The first-order valence-corrected chi connectivity index (χ1v) is 3.77. The molecule has 4 nitrogen and oxygen atoms in total. The van der Waals surface area contributed by atoms with Gasteiger partial charge in [-0.2, -0.15) is 0 Å². The van der Waals surface area contributed by atoms with Crippen LogP contribution in [0.25, 0.3) is 11.4 Å². The SMILES string of the molecule is Oc1cccc(-c2ncncn2)c1. The van der Waals surface area contributed by atoms with Gasteiger partial charge in [-0.1, -0.05) is 12.1 Å². The van der Waals surface area contributed by atoms with Gasteiger partial charge in [-0.3, -0.25) is 0 Å². The highest BCUT2D eigenvalue weighted by Gasteiger charge is 1.99. The molecular weight excluding hydrogens is 166 g/mol. The van der Waals surface area contributed by atoms with Gasteiger partial charge in [-0.05, 0) is 12.1 Å². The zero-order chi connectivity index (χ0) is 9.10. The lowest BCUT2D eigenvalue weighted by atomic mass is 10.2. The lowest BCUT2D eigenvalue weighted by molar-refractivity contribution is 0.475. The highest BCUT2D eigenvalue weighted by molar-refractivity contribution is 5.56. The molecule has 0 unspecified atom stereocenters. The minimum Gasteiger partial charge on any atom is -0.508 e. The number of hydrogen-bond acceptors (Lipinski definition) is 4. The van der Waals surface area contributed by atoms with Gasteiger partial charge in [0.1, 0.15) is 18.4 Å². The van der Waals surface area contributed by atoms with E-state index in [9.17, 15) is 5.11 Å². The van der Waals surface area contributed by atoms with Crippen molar-refractivity contribution in [3.05, 3.63) is 36.9 Å². The topological polar surface area (TPSA) is 58.9 Å². The summed E-state index contributed by atoms with van der Waals surface area (Å²) in [6, 6.07) is 6.78. The molecule has 1 N–H and O–H groups in total. The third-order valence-electron chi connectivity index (χ3n) is 1.60. The second-order valence-electron chi connectivity index (χ2n) is 2.51. The Morgan fingerprint density at radius 2 is 1.85 bits per heavy atom. The van der Waals surface area contributed by atoms with Crippen molar-refractivity contribution in [3.8, 4) is 17.1 Å². The normalized spacial score (nSPS) is 9.85. The van der Waals surface area contributed by atoms with Crippen LogP contribution in [0.5, 0.6) is 5.75 Å². The molecule has 0 bridgehead atoms. The third-order valence-corrected chi connectivity index (χ3v) is 1.60. The Morgan fingerprint density at radius 1 is 1.08 bits per heavy atom. The number of hydrogen-bond donors (Lipinski definition) is 1. The Bertz CT molecular complexity index is 403. The maximum Gasteiger partial charge on any atom is 0.162 e. The van der Waals surface area contributed by atoms with Crippen molar-refractivity contribution < 1.29 is 5.11 Å². The molecule has 1 aromatic heterocycles. The summed E-state index contributed by atoms with van der Waals surface area (Å²) >= 11 is 0. The fourth-order valence-electron chi connectivity index (χ4n) is 1.03. The molecule has 0 amide bonds. The summed E-state index contributed by atoms with van der Waals surface area (Å²) in [6.45, 7) is 0. The summed E-state index contributed by atoms with van der Waals surface area (Å²) in [6.07, 6.45) is 2.85. The van der Waals surface area contributed by atoms with Crippen LogP contribution in [0.3, 0.4) is 0 Å². The molecule has 4 heteroatoms. The van der Waals surface area contributed by atoms with Crippen molar-refractivity contribution in [2.24, 2.45) is 0 Å². The van der Waals surface area contributed by atoms with Crippen LogP contribution in [0.4, 0.5) is 0 Å². The zero-order valence-corrected chi connectivity index (χ0v) is 6.75. The van der Waals surface area contributed by atoms with Crippen LogP contribution in [-0.2, 0) is 0 Å². The fourth-order valence-corrected chi connectivity index (χ4v) is 1.03. The molecule has 0 aliphatic heterocycles. The van der Waals surface area contributed by atoms with Gasteiger partial charge in [-0.15, -0.1) is 0 Å². The molecule has 64 valence electrons. The first kappa shape index (κ1) is 7.67. The Balaban J connectivity index is 2.48. The van der Waals surface area contributed by atoms with Gasteiger partial charge in [0.05, 0.1) is 0 Å². The molecule has 2 aromatic rings. The molecule has 0 aliphatic carbocycles. The molecule has 0 aliphatic rings. The minimum absolute atomic E-state index is 0.206. The standard InChI is InChI=1S/C9H7N3O/c13-8-3-1-2-7(4-8)9-11-5-10-6-12-9/h1-6,13H. The van der Waals surface area contributed by atoms with Crippen molar-refractivity contribution in [2.75, 3.05) is 0 Å². The van der Waals surface area contributed by atoms with Gasteiger partial charge in [-0.25, -0.2) is 15.0 Å². The number of phenolic OH excluding ortho intramolecular Hbond substituents is 1. The van der Waals surface area contributed by atoms with Gasteiger partial charge in [0.25, 0.3) is 0 Å². The van der Waals surface area contributed by atoms with Crippen LogP contribution in [0.2, 0.25) is 0 Å². The summed E-state index contributed by atoms with van der Waals surface area (Å²) in [5.41, 5.74) is 0.780. The van der Waals surface area contributed by atoms with Crippen molar-refractivity contribution in [1.29, 1.82) is 0 Å². The maximum absolute atomic E-state index is 9.20. The number of phenols is 1. The third kappa shape index (κ3) is 1.61. The van der Waals surface area contributed by atoms with E-state index in [4.69, 9.17) is 0 Å². The van der Waals surface area contributed by atoms with Crippen LogP contribution in [0, 0.1) is 0 Å². The molecule has 0 saturated heterocycles. The average molecular weight is 173 g/mol. The van der Waals surface area contributed by atoms with E-state index in [1.807, 2.05) is 6.07 Å². The second-order valence-corrected chi connectivity index (χ2v) is 2.51. The quantitative estimate of drug-likeness (QED) is 0.704. The lowest BCUT2D eigenvalue weighted by Crippen LogP contribution is -1.88. The highest BCUT2D eigenvalue weighted by atomic mass is 16.3. The van der Waals surface area contributed by atoms with E-state index >= 15 is 0 Å². The number of aromatic nitrogens is 3. The minimum atomic E-state index is 0.206. The summed E-state index contributed by atoms with van der Waals surface area (Å²) in [5, 5.41) is 9.20. The Labute approximate surface area is 74.9 Å². The molecule has 0 saturated carbocycles. The van der Waals surface area contributed by atoms with Crippen molar-refractivity contribution >= 4 is 0 Å². The van der Waals surface area contributed by atoms with Crippen molar-refractivity contribution in [3.63, 3.8) is 0 Å². The van der Waals surface area contributed by atoms with E-state index in [2.05, 4.69) is 15.0 Å². The lowest BCUT2D eigenvalue weighted by Gasteiger charge is -1.98. The average Bonchev–Trinajstić information content (AvgIpc) is 2.19. The second kappa shape index (κ2) is 3.18. The number of aromatic hydroxyl groups is 1. The first-order valence-electron chi connectivity index (χ1n) is 3.77. The van der Waals surface area contributed by atoms with E-state index < -0.39 is 0 Å². The van der Waals surface area contributed by atoms with E-state index in [0.717, 1.165) is 5.56 Å². The number of nitrogens with zero attached hydrogens (tertiary/aromatic N) is 3. The predicted octanol–water partition coefficient (Wildman–Crippen LogP) is 1.24. The maximum atomic E-state index is 9.20. The van der Waals surface area contributed by atoms with Gasteiger partial charge in [0, 0.05) is 5.56 Å². The molecule has 1 heterocycles. The Morgan fingerprint density at radius 3 is 2.54 bits per heavy atom. The van der Waals surface area contributed by atoms with Crippen LogP contribution in [0.1, 0.15) is 0 Å². The monoisotopic (exact) mass is 173 g/mol. The van der Waals surface area contributed by atoms with Gasteiger partial charge in [0.2, 0.25) is 0 Å². The highest BCUT2D eigenvalue weighted by Crippen LogP contribution is 2.18. The first-order chi connectivity index (χ1) is 6.36. The summed E-state index contributed by atoms with van der Waals surface area (Å²) in [5.74, 6) is 0.767. The zero-order valence-electron chi connectivity index (χ0n) is 6.75. The molecule has 0 radical (unpaired) electrons. The molecule has 0 atom stereocenters. The van der Waals surface area contributed by atoms with Gasteiger partial charge in [0.15, 0.2) is 5.82 Å². The Hall–Kier alpha value is -1.97. The van der Waals surface area contributed by atoms with Gasteiger partial charge < -0.3 is 5.11 Å². The molecule has 0 spiro atoms. The summed E-state index contributed by atoms with van der Waals surface area (Å²) in [7, 11) is 0. The van der Waals surface area contributed by atoms with Crippen molar-refractivity contribution in [2.45, 2.75) is 0 Å². The van der Waals surface area contributed by atoms with Crippen molar-refractivity contribution in [1.82, 2.24) is 15.0 Å². The van der Waals surface area contributed by atoms with E-state index in [1.165, 1.54) is 12.7 Å². The number of benzene rings is 1. The van der Waals surface area contributed by atoms with E-state index in [1.54, 1.807) is 18.2 Å². The van der Waals surface area contributed by atoms with Crippen LogP contribution >= 0.6 is 0 Å². The molecular formula is C9H7N3O. The van der Waals surface area contributed by atoms with Crippen LogP contribution < -0.4 is 0 Å². The predicted molar refractivity (Wildman–Crippen MR) is 46.9 cm³/mol. The Kier molecular flexibility index (Phi) is 1.88. The summed E-state index contributed by atoms with van der Waals surface area (Å²) < 4.78 is 0. The van der Waals surface area contributed by atoms with Crippen LogP contribution in [0.15, 0.2) is 36.9 Å². The largest absolute Gasteiger partial charge is 0.508 e. The molecule has 0 fully saturated rings. The number of rotatable bonds is 1.